The number of rotatable bonds is 2. The van der Waals surface area contributed by atoms with Gasteiger partial charge in [-0.3, -0.25) is 0 Å². The third kappa shape index (κ3) is 1.19. The molecule has 2 aliphatic carbocycles. The van der Waals surface area contributed by atoms with Crippen molar-refractivity contribution in [1.82, 2.24) is 0 Å². The highest BCUT2D eigenvalue weighted by atomic mass is 32.2. The fourth-order valence-corrected chi connectivity index (χ4v) is 4.17. The number of quaternary nitrogens is 1. The number of carboxylic acids is 1. The van der Waals surface area contributed by atoms with Gasteiger partial charge in [0.05, 0.1) is 0 Å². The summed E-state index contributed by atoms with van der Waals surface area (Å²) in [7, 11) is 0. The Bertz CT molecular complexity index is 246. The van der Waals surface area contributed by atoms with E-state index in [-0.39, 0.29) is 5.92 Å². The molecule has 0 saturated heterocycles. The second kappa shape index (κ2) is 2.89. The van der Waals surface area contributed by atoms with E-state index in [2.05, 4.69) is 12.0 Å². The van der Waals surface area contributed by atoms with E-state index in [1.807, 2.05) is 0 Å². The summed E-state index contributed by atoms with van der Waals surface area (Å²) in [6, 6.07) is 0. The summed E-state index contributed by atoms with van der Waals surface area (Å²) in [6.45, 7) is 0. The molecule has 0 aliphatic heterocycles. The number of fused-ring (bicyclic) bond motifs is 2. The number of carbonyl (C=O) groups excluding carboxylic acids is 1. The first kappa shape index (κ1) is 9.34. The second-order valence-electron chi connectivity index (χ2n) is 4.37. The largest absolute Gasteiger partial charge is 0.544 e. The maximum Gasteiger partial charge on any atom is 0.139 e. The van der Waals surface area contributed by atoms with Crippen LogP contribution in [0.5, 0.6) is 0 Å². The highest BCUT2D eigenvalue weighted by Crippen LogP contribution is 2.52. The van der Waals surface area contributed by atoms with Gasteiger partial charge in [-0.05, 0) is 25.0 Å². The van der Waals surface area contributed by atoms with Gasteiger partial charge in [-0.2, -0.15) is 11.8 Å². The van der Waals surface area contributed by atoms with Crippen LogP contribution in [-0.4, -0.2) is 23.0 Å². The minimum Gasteiger partial charge on any atom is -0.544 e. The molecule has 2 saturated carbocycles. The molecule has 74 valence electrons. The average molecular weight is 201 g/mol. The Kier molecular flexibility index (Phi) is 2.07. The minimum atomic E-state index is -0.946. The highest BCUT2D eigenvalue weighted by molar-refractivity contribution is 7.99. The molecule has 0 amide bonds. The molecule has 3 N–H and O–H groups in total. The molecule has 2 rings (SSSR count). The number of carboxylic acid groups (broad SMARTS) is 1. The van der Waals surface area contributed by atoms with Crippen LogP contribution in [0.25, 0.3) is 0 Å². The van der Waals surface area contributed by atoms with Crippen LogP contribution in [0, 0.1) is 11.8 Å². The first-order valence-corrected chi connectivity index (χ1v) is 5.96. The summed E-state index contributed by atoms with van der Waals surface area (Å²) in [5.74, 6) is -0.117. The van der Waals surface area contributed by atoms with Crippen LogP contribution in [0.15, 0.2) is 0 Å². The van der Waals surface area contributed by atoms with Crippen LogP contribution in [0.3, 0.4) is 0 Å². The molecule has 4 atom stereocenters. The maximum absolute atomic E-state index is 11.0. The Morgan fingerprint density at radius 1 is 1.62 bits per heavy atom. The molecule has 2 fully saturated rings. The van der Waals surface area contributed by atoms with Crippen molar-refractivity contribution >= 4 is 17.7 Å². The van der Waals surface area contributed by atoms with Crippen molar-refractivity contribution in [3.05, 3.63) is 0 Å². The summed E-state index contributed by atoms with van der Waals surface area (Å²) in [6.07, 6.45) is 5.01. The lowest BCUT2D eigenvalue weighted by Crippen LogP contribution is -2.82. The average Bonchev–Trinajstić information content (AvgIpc) is 2.60. The summed E-state index contributed by atoms with van der Waals surface area (Å²) >= 11 is 1.78. The summed E-state index contributed by atoms with van der Waals surface area (Å²) in [5, 5.41) is 11.5. The van der Waals surface area contributed by atoms with Crippen LogP contribution < -0.4 is 10.8 Å². The van der Waals surface area contributed by atoms with Crippen molar-refractivity contribution in [3.63, 3.8) is 0 Å². The van der Waals surface area contributed by atoms with E-state index in [0.717, 1.165) is 12.8 Å². The normalized spacial score (nSPS) is 48.3. The van der Waals surface area contributed by atoms with Gasteiger partial charge in [0.15, 0.2) is 0 Å². The predicted molar refractivity (Wildman–Crippen MR) is 48.8 cm³/mol. The van der Waals surface area contributed by atoms with E-state index in [1.54, 1.807) is 11.8 Å². The van der Waals surface area contributed by atoms with E-state index in [0.29, 0.717) is 11.2 Å². The van der Waals surface area contributed by atoms with Crippen LogP contribution in [0.2, 0.25) is 0 Å². The van der Waals surface area contributed by atoms with Gasteiger partial charge < -0.3 is 15.6 Å². The van der Waals surface area contributed by atoms with Gasteiger partial charge in [0, 0.05) is 17.6 Å². The number of hydrogen-bond donors (Lipinski definition) is 1. The molecule has 0 radical (unpaired) electrons. The first-order chi connectivity index (χ1) is 6.08. The molecule has 0 aromatic heterocycles. The molecule has 13 heavy (non-hydrogen) atoms. The van der Waals surface area contributed by atoms with Gasteiger partial charge in [0.2, 0.25) is 0 Å². The Balaban J connectivity index is 2.22. The van der Waals surface area contributed by atoms with Crippen molar-refractivity contribution in [2.24, 2.45) is 11.8 Å². The monoisotopic (exact) mass is 201 g/mol. The highest BCUT2D eigenvalue weighted by Gasteiger charge is 2.57. The zero-order valence-corrected chi connectivity index (χ0v) is 8.60. The Morgan fingerprint density at radius 3 is 2.77 bits per heavy atom. The number of aliphatic carboxylic acids is 1. The molecule has 0 unspecified atom stereocenters. The molecule has 3 nitrogen and oxygen atoms in total. The van der Waals surface area contributed by atoms with Crippen molar-refractivity contribution in [2.75, 3.05) is 6.26 Å². The zero-order valence-electron chi connectivity index (χ0n) is 7.79. The second-order valence-corrected chi connectivity index (χ2v) is 5.44. The zero-order chi connectivity index (χ0) is 9.64. The molecular formula is C9H15NO2S. The van der Waals surface area contributed by atoms with Crippen molar-refractivity contribution in [1.29, 1.82) is 0 Å². The van der Waals surface area contributed by atoms with E-state index < -0.39 is 11.5 Å². The summed E-state index contributed by atoms with van der Waals surface area (Å²) in [5.41, 5.74) is 3.09. The van der Waals surface area contributed by atoms with Crippen LogP contribution in [-0.2, 0) is 4.79 Å². The Hall–Kier alpha value is -0.220. The lowest BCUT2D eigenvalue weighted by molar-refractivity contribution is -0.496. The quantitative estimate of drug-likeness (QED) is 0.615. The third-order valence-corrected chi connectivity index (χ3v) is 4.80. The smallest absolute Gasteiger partial charge is 0.139 e. The van der Waals surface area contributed by atoms with E-state index in [9.17, 15) is 9.90 Å². The minimum absolute atomic E-state index is 0.248. The molecular weight excluding hydrogens is 186 g/mol. The van der Waals surface area contributed by atoms with Gasteiger partial charge in [0.1, 0.15) is 11.5 Å². The van der Waals surface area contributed by atoms with Gasteiger partial charge in [0.25, 0.3) is 0 Å². The Morgan fingerprint density at radius 2 is 2.31 bits per heavy atom. The van der Waals surface area contributed by atoms with Crippen LogP contribution in [0.1, 0.15) is 19.3 Å². The number of hydrogen-bond acceptors (Lipinski definition) is 3. The standard InChI is InChI=1S/C9H15NO2S/c1-13-7-3-5-2-6(7)9(10,4-5)8(11)12/h5-7H,2-4,10H2,1H3,(H,11,12)/t5-,6+,7-,9-/m1/s1. The number of thioether (sulfide) groups is 1. The van der Waals surface area contributed by atoms with E-state index in [1.165, 1.54) is 6.42 Å². The topological polar surface area (TPSA) is 67.8 Å². The predicted octanol–water partition coefficient (Wildman–Crippen LogP) is -1.12. The molecule has 0 aromatic carbocycles. The lowest BCUT2D eigenvalue weighted by atomic mass is 9.81. The van der Waals surface area contributed by atoms with Crippen molar-refractivity contribution < 1.29 is 15.6 Å². The van der Waals surface area contributed by atoms with Crippen molar-refractivity contribution in [3.8, 4) is 0 Å². The van der Waals surface area contributed by atoms with Gasteiger partial charge in [-0.25, -0.2) is 0 Å². The molecule has 0 spiro atoms. The van der Waals surface area contributed by atoms with Crippen LogP contribution in [0.4, 0.5) is 0 Å². The van der Waals surface area contributed by atoms with Crippen molar-refractivity contribution in [2.45, 2.75) is 30.1 Å². The van der Waals surface area contributed by atoms with E-state index in [4.69, 9.17) is 0 Å². The SMILES string of the molecule is CS[C@@H]1C[C@H]2C[C@@H]1[C@@]([NH3+])(C(=O)[O-])C2. The van der Waals surface area contributed by atoms with Gasteiger partial charge in [-0.15, -0.1) is 0 Å². The fraction of sp³-hybridized carbons (Fsp3) is 0.889. The molecule has 2 bridgehead atoms. The molecule has 2 aliphatic rings. The van der Waals surface area contributed by atoms with Crippen LogP contribution >= 0.6 is 11.8 Å². The van der Waals surface area contributed by atoms with Gasteiger partial charge in [-0.1, -0.05) is 0 Å². The van der Waals surface area contributed by atoms with Gasteiger partial charge >= 0.3 is 0 Å². The first-order valence-electron chi connectivity index (χ1n) is 4.67. The molecule has 0 heterocycles. The Labute approximate surface area is 82.1 Å². The third-order valence-electron chi connectivity index (χ3n) is 3.67. The summed E-state index contributed by atoms with van der Waals surface area (Å²) in [4.78, 5) is 11.0. The molecule has 0 aromatic rings. The number of carbonyl (C=O) groups is 1. The maximum atomic E-state index is 11.0. The summed E-state index contributed by atoms with van der Waals surface area (Å²) < 4.78 is 0. The lowest BCUT2D eigenvalue weighted by Gasteiger charge is -2.35. The molecule has 4 heteroatoms. The fourth-order valence-electron chi connectivity index (χ4n) is 3.01. The van der Waals surface area contributed by atoms with E-state index >= 15 is 0 Å².